The Kier molecular flexibility index (Phi) is 7.91. The summed E-state index contributed by atoms with van der Waals surface area (Å²) in [5, 5.41) is 16.2. The number of benzene rings is 3. The Morgan fingerprint density at radius 1 is 0.950 bits per heavy atom. The number of alkyl carbamates (subject to hydrolysis) is 1. The summed E-state index contributed by atoms with van der Waals surface area (Å²) in [7, 11) is 1.68. The van der Waals surface area contributed by atoms with Crippen LogP contribution in [0, 0.1) is 0 Å². The lowest BCUT2D eigenvalue weighted by Crippen LogP contribution is -2.34. The van der Waals surface area contributed by atoms with E-state index in [-0.39, 0.29) is 44.5 Å². The minimum atomic E-state index is -0.991. The molecule has 1 heterocycles. The molecule has 0 atom stereocenters. The third kappa shape index (κ3) is 5.73. The molecule has 1 aliphatic carbocycles. The Balaban J connectivity index is 1.25. The molecule has 40 heavy (non-hydrogen) atoms. The molecule has 0 spiro atoms. The fraction of sp³-hybridized carbons (Fsp3) is 0.226. The van der Waals surface area contributed by atoms with E-state index in [0.29, 0.717) is 11.3 Å². The number of hydrogen-bond acceptors (Lipinski definition) is 5. The summed E-state index contributed by atoms with van der Waals surface area (Å²) < 4.78 is 7.15. The lowest BCUT2D eigenvalue weighted by Gasteiger charge is -2.22. The first-order valence-corrected chi connectivity index (χ1v) is 13.1. The van der Waals surface area contributed by atoms with Crippen LogP contribution in [-0.4, -0.2) is 50.9 Å². The second-order valence-electron chi connectivity index (χ2n) is 9.66. The first kappa shape index (κ1) is 26.7. The second-order valence-corrected chi connectivity index (χ2v) is 9.66. The van der Waals surface area contributed by atoms with Crippen molar-refractivity contribution in [3.8, 4) is 11.1 Å². The van der Waals surface area contributed by atoms with E-state index < -0.39 is 12.1 Å². The predicted molar refractivity (Wildman–Crippen MR) is 149 cm³/mol. The molecular formula is C31H30N4O5. The van der Waals surface area contributed by atoms with Crippen molar-refractivity contribution in [1.29, 1.82) is 0 Å². The van der Waals surface area contributed by atoms with Crippen molar-refractivity contribution in [2.45, 2.75) is 25.4 Å². The molecule has 0 fully saturated rings. The average molecular weight is 539 g/mol. The highest BCUT2D eigenvalue weighted by Crippen LogP contribution is 2.44. The minimum Gasteiger partial charge on any atom is -0.481 e. The van der Waals surface area contributed by atoms with Crippen molar-refractivity contribution in [2.75, 3.05) is 13.2 Å². The lowest BCUT2D eigenvalue weighted by atomic mass is 9.98. The van der Waals surface area contributed by atoms with Gasteiger partial charge in [0.15, 0.2) is 0 Å². The van der Waals surface area contributed by atoms with Crippen LogP contribution in [0.4, 0.5) is 4.79 Å². The number of amides is 2. The summed E-state index contributed by atoms with van der Waals surface area (Å²) in [5.41, 5.74) is 6.20. The Hall–Kier alpha value is -4.92. The van der Waals surface area contributed by atoms with Crippen molar-refractivity contribution < 1.29 is 24.2 Å². The van der Waals surface area contributed by atoms with E-state index in [1.165, 1.54) is 15.8 Å². The maximum Gasteiger partial charge on any atom is 0.407 e. The molecule has 0 radical (unpaired) electrons. The van der Waals surface area contributed by atoms with Crippen molar-refractivity contribution in [3.05, 3.63) is 113 Å². The number of carbonyl (C=O) groups excluding carboxylic acids is 2. The smallest absolute Gasteiger partial charge is 0.407 e. The molecule has 0 saturated heterocycles. The number of nitrogens with one attached hydrogen (secondary N) is 1. The van der Waals surface area contributed by atoms with Gasteiger partial charge in [-0.2, -0.15) is 5.10 Å². The normalized spacial score (nSPS) is 11.9. The van der Waals surface area contributed by atoms with Crippen LogP contribution in [0.1, 0.15) is 45.1 Å². The predicted octanol–water partition coefficient (Wildman–Crippen LogP) is 4.58. The van der Waals surface area contributed by atoms with Gasteiger partial charge in [0.25, 0.3) is 5.91 Å². The molecule has 0 aliphatic heterocycles. The molecule has 0 saturated carbocycles. The van der Waals surface area contributed by atoms with Crippen molar-refractivity contribution in [3.63, 3.8) is 0 Å². The fourth-order valence-corrected chi connectivity index (χ4v) is 5.11. The van der Waals surface area contributed by atoms with E-state index in [1.54, 1.807) is 7.05 Å². The average Bonchev–Trinajstić information content (AvgIpc) is 3.50. The van der Waals surface area contributed by atoms with Crippen molar-refractivity contribution in [2.24, 2.45) is 7.05 Å². The minimum absolute atomic E-state index is 0.0202. The highest BCUT2D eigenvalue weighted by molar-refractivity contribution is 5.95. The largest absolute Gasteiger partial charge is 0.481 e. The van der Waals surface area contributed by atoms with Gasteiger partial charge in [0.1, 0.15) is 6.61 Å². The van der Waals surface area contributed by atoms with Crippen molar-refractivity contribution in [1.82, 2.24) is 20.0 Å². The number of carboxylic acids is 1. The number of carbonyl (C=O) groups is 3. The van der Waals surface area contributed by atoms with Gasteiger partial charge < -0.3 is 20.1 Å². The van der Waals surface area contributed by atoms with Gasteiger partial charge in [0.2, 0.25) is 0 Å². The number of hydrogen-bond donors (Lipinski definition) is 2. The molecule has 204 valence electrons. The number of aryl methyl sites for hydroxylation is 1. The van der Waals surface area contributed by atoms with Crippen LogP contribution in [0.5, 0.6) is 0 Å². The van der Waals surface area contributed by atoms with Gasteiger partial charge in [0.05, 0.1) is 30.4 Å². The SMILES string of the molecule is Cn1ncc(C(=O)N(CCC(=O)O)Cc2ccccc2)c1CNC(=O)OCC1c2ccccc2-c2ccccc21. The number of nitrogens with zero attached hydrogens (tertiary/aromatic N) is 3. The number of ether oxygens (including phenoxy) is 1. The molecule has 2 N–H and O–H groups in total. The Labute approximate surface area is 232 Å². The molecule has 1 aromatic heterocycles. The van der Waals surface area contributed by atoms with Crippen molar-refractivity contribution >= 4 is 18.0 Å². The maximum atomic E-state index is 13.5. The Morgan fingerprint density at radius 2 is 1.57 bits per heavy atom. The fourth-order valence-electron chi connectivity index (χ4n) is 5.11. The Bertz CT molecular complexity index is 1490. The van der Waals surface area contributed by atoms with E-state index in [2.05, 4.69) is 34.7 Å². The van der Waals surface area contributed by atoms with Crippen LogP contribution in [0.3, 0.4) is 0 Å². The summed E-state index contributed by atoms with van der Waals surface area (Å²) in [4.78, 5) is 39.0. The number of aliphatic carboxylic acids is 1. The van der Waals surface area contributed by atoms with Gasteiger partial charge in [-0.05, 0) is 27.8 Å². The first-order chi connectivity index (χ1) is 19.4. The third-order valence-electron chi connectivity index (χ3n) is 7.13. The van der Waals surface area contributed by atoms with E-state index in [0.717, 1.165) is 27.8 Å². The molecule has 0 unspecified atom stereocenters. The summed E-state index contributed by atoms with van der Waals surface area (Å²) in [5.74, 6) is -1.41. The van der Waals surface area contributed by atoms with E-state index in [4.69, 9.17) is 4.74 Å². The molecule has 4 aromatic rings. The zero-order chi connectivity index (χ0) is 28.1. The molecule has 5 rings (SSSR count). The topological polar surface area (TPSA) is 114 Å². The summed E-state index contributed by atoms with van der Waals surface area (Å²) >= 11 is 0. The van der Waals surface area contributed by atoms with Crippen LogP contribution in [0.25, 0.3) is 11.1 Å². The van der Waals surface area contributed by atoms with Gasteiger partial charge >= 0.3 is 12.1 Å². The van der Waals surface area contributed by atoms with Gasteiger partial charge in [-0.1, -0.05) is 78.9 Å². The molecule has 1 aliphatic rings. The van der Waals surface area contributed by atoms with Gasteiger partial charge in [-0.15, -0.1) is 0 Å². The highest BCUT2D eigenvalue weighted by atomic mass is 16.5. The number of aromatic nitrogens is 2. The quantitative estimate of drug-likeness (QED) is 0.306. The van der Waals surface area contributed by atoms with Gasteiger partial charge in [-0.3, -0.25) is 14.3 Å². The molecule has 9 nitrogen and oxygen atoms in total. The lowest BCUT2D eigenvalue weighted by molar-refractivity contribution is -0.137. The summed E-state index contributed by atoms with van der Waals surface area (Å²) in [6.45, 7) is 0.488. The number of rotatable bonds is 10. The standard InChI is InChI=1S/C31H30N4O5/c1-34-28(26(17-33-34)30(38)35(16-15-29(36)37)19-21-9-3-2-4-10-21)18-32-31(39)40-20-27-24-13-7-5-11-22(24)23-12-6-8-14-25(23)27/h2-14,17,27H,15-16,18-20H2,1H3,(H,32,39)(H,36,37). The third-order valence-corrected chi connectivity index (χ3v) is 7.13. The maximum absolute atomic E-state index is 13.5. The van der Waals surface area contributed by atoms with Crippen LogP contribution >= 0.6 is 0 Å². The Morgan fingerprint density at radius 3 is 2.23 bits per heavy atom. The summed E-state index contributed by atoms with van der Waals surface area (Å²) in [6, 6.07) is 25.6. The molecule has 2 amide bonds. The van der Waals surface area contributed by atoms with Crippen LogP contribution < -0.4 is 5.32 Å². The van der Waals surface area contributed by atoms with Crippen LogP contribution in [-0.2, 0) is 29.7 Å². The first-order valence-electron chi connectivity index (χ1n) is 13.1. The number of fused-ring (bicyclic) bond motifs is 3. The zero-order valence-electron chi connectivity index (χ0n) is 22.1. The second kappa shape index (κ2) is 11.9. The van der Waals surface area contributed by atoms with E-state index >= 15 is 0 Å². The molecule has 9 heteroatoms. The van der Waals surface area contributed by atoms with E-state index in [1.807, 2.05) is 54.6 Å². The summed E-state index contributed by atoms with van der Waals surface area (Å²) in [6.07, 6.45) is 0.649. The molecule has 0 bridgehead atoms. The van der Waals surface area contributed by atoms with Gasteiger partial charge in [0, 0.05) is 26.1 Å². The zero-order valence-corrected chi connectivity index (χ0v) is 22.1. The highest BCUT2D eigenvalue weighted by Gasteiger charge is 2.29. The van der Waals surface area contributed by atoms with Crippen LogP contribution in [0.2, 0.25) is 0 Å². The van der Waals surface area contributed by atoms with E-state index in [9.17, 15) is 19.5 Å². The monoisotopic (exact) mass is 538 g/mol. The molecule has 3 aromatic carbocycles. The van der Waals surface area contributed by atoms with Crippen LogP contribution in [0.15, 0.2) is 85.1 Å². The van der Waals surface area contributed by atoms with Gasteiger partial charge in [-0.25, -0.2) is 4.79 Å². The number of carboxylic acid groups (broad SMARTS) is 1. The molecular weight excluding hydrogens is 508 g/mol.